The standard InChI is InChI=1S/C23H27N3O2/c1-16-4-3-11-26(15-16)20-8-6-19(7-9-20)24-14-18-12-17-5-10-21(28-2)13-22(17)25-23(18)27/h5-10,12-13,16,24H,3-4,11,14-15H2,1-2H3,(H,25,27). The first-order valence-electron chi connectivity index (χ1n) is 9.91. The highest BCUT2D eigenvalue weighted by molar-refractivity contribution is 5.80. The third-order valence-corrected chi connectivity index (χ3v) is 5.50. The normalized spacial score (nSPS) is 16.9. The van der Waals surface area contributed by atoms with Gasteiger partial charge in [-0.05, 0) is 66.6 Å². The number of H-pyrrole nitrogens is 1. The van der Waals surface area contributed by atoms with E-state index in [4.69, 9.17) is 4.74 Å². The van der Waals surface area contributed by atoms with Crippen LogP contribution >= 0.6 is 0 Å². The molecule has 0 bridgehead atoms. The maximum absolute atomic E-state index is 12.4. The van der Waals surface area contributed by atoms with Crippen molar-refractivity contribution in [2.75, 3.05) is 30.4 Å². The summed E-state index contributed by atoms with van der Waals surface area (Å²) in [6.45, 7) is 5.06. The lowest BCUT2D eigenvalue weighted by Crippen LogP contribution is -2.34. The van der Waals surface area contributed by atoms with Gasteiger partial charge in [-0.1, -0.05) is 6.92 Å². The van der Waals surface area contributed by atoms with E-state index in [1.165, 1.54) is 18.5 Å². The maximum Gasteiger partial charge on any atom is 0.253 e. The Morgan fingerprint density at radius 1 is 1.18 bits per heavy atom. The molecule has 0 saturated carbocycles. The Bertz CT molecular complexity index is 1010. The Balaban J connectivity index is 1.45. The van der Waals surface area contributed by atoms with Crippen molar-refractivity contribution >= 4 is 22.3 Å². The minimum Gasteiger partial charge on any atom is -0.497 e. The number of hydrogen-bond donors (Lipinski definition) is 2. The van der Waals surface area contributed by atoms with Gasteiger partial charge in [0.15, 0.2) is 0 Å². The third kappa shape index (κ3) is 3.98. The number of hydrogen-bond acceptors (Lipinski definition) is 4. The molecular formula is C23H27N3O2. The van der Waals surface area contributed by atoms with Gasteiger partial charge in [0.1, 0.15) is 5.75 Å². The zero-order valence-electron chi connectivity index (χ0n) is 16.5. The van der Waals surface area contributed by atoms with E-state index < -0.39 is 0 Å². The number of fused-ring (bicyclic) bond motifs is 1. The summed E-state index contributed by atoms with van der Waals surface area (Å²) in [7, 11) is 1.62. The van der Waals surface area contributed by atoms with Crippen LogP contribution in [0.3, 0.4) is 0 Å². The van der Waals surface area contributed by atoms with E-state index >= 15 is 0 Å². The molecule has 4 rings (SSSR count). The second-order valence-corrected chi connectivity index (χ2v) is 7.67. The number of ether oxygens (including phenoxy) is 1. The Hall–Kier alpha value is -2.95. The van der Waals surface area contributed by atoms with Crippen molar-refractivity contribution in [1.29, 1.82) is 0 Å². The highest BCUT2D eigenvalue weighted by Crippen LogP contribution is 2.24. The lowest BCUT2D eigenvalue weighted by molar-refractivity contribution is 0.415. The van der Waals surface area contributed by atoms with Crippen LogP contribution in [0.1, 0.15) is 25.3 Å². The van der Waals surface area contributed by atoms with Gasteiger partial charge in [0.05, 0.1) is 12.6 Å². The van der Waals surface area contributed by atoms with Gasteiger partial charge < -0.3 is 19.9 Å². The van der Waals surface area contributed by atoms with Gasteiger partial charge in [0.25, 0.3) is 5.56 Å². The van der Waals surface area contributed by atoms with E-state index in [1.807, 2.05) is 24.3 Å². The molecule has 0 aliphatic carbocycles. The molecule has 28 heavy (non-hydrogen) atoms. The summed E-state index contributed by atoms with van der Waals surface area (Å²) < 4.78 is 5.22. The molecule has 5 heteroatoms. The second-order valence-electron chi connectivity index (χ2n) is 7.67. The molecular weight excluding hydrogens is 350 g/mol. The first-order chi connectivity index (χ1) is 13.6. The first kappa shape index (κ1) is 18.4. The molecule has 2 aromatic carbocycles. The van der Waals surface area contributed by atoms with Gasteiger partial charge >= 0.3 is 0 Å². The molecule has 1 saturated heterocycles. The van der Waals surface area contributed by atoms with E-state index in [1.54, 1.807) is 7.11 Å². The number of anilines is 2. The van der Waals surface area contributed by atoms with E-state index in [2.05, 4.69) is 46.4 Å². The molecule has 2 heterocycles. The van der Waals surface area contributed by atoms with Crippen molar-refractivity contribution in [2.45, 2.75) is 26.3 Å². The molecule has 0 spiro atoms. The van der Waals surface area contributed by atoms with Crippen molar-refractivity contribution < 1.29 is 4.74 Å². The van der Waals surface area contributed by atoms with Gasteiger partial charge in [0, 0.05) is 42.6 Å². The largest absolute Gasteiger partial charge is 0.497 e. The lowest BCUT2D eigenvalue weighted by Gasteiger charge is -2.32. The second kappa shape index (κ2) is 7.97. The third-order valence-electron chi connectivity index (χ3n) is 5.50. The molecule has 5 nitrogen and oxygen atoms in total. The zero-order valence-corrected chi connectivity index (χ0v) is 16.5. The molecule has 1 fully saturated rings. The van der Waals surface area contributed by atoms with Gasteiger partial charge in [0.2, 0.25) is 0 Å². The number of piperidine rings is 1. The number of benzene rings is 2. The molecule has 0 radical (unpaired) electrons. The number of rotatable bonds is 5. The first-order valence-corrected chi connectivity index (χ1v) is 9.91. The molecule has 0 amide bonds. The molecule has 1 unspecified atom stereocenters. The summed E-state index contributed by atoms with van der Waals surface area (Å²) in [5, 5.41) is 4.36. The average Bonchev–Trinajstić information content (AvgIpc) is 2.72. The SMILES string of the molecule is COc1ccc2cc(CNc3ccc(N4CCCC(C)C4)cc3)c(=O)[nH]c2c1. The fourth-order valence-corrected chi connectivity index (χ4v) is 3.89. The highest BCUT2D eigenvalue weighted by Gasteiger charge is 2.16. The van der Waals surface area contributed by atoms with Crippen LogP contribution in [0.2, 0.25) is 0 Å². The molecule has 1 aliphatic rings. The number of aromatic nitrogens is 1. The Morgan fingerprint density at radius 2 is 2.00 bits per heavy atom. The van der Waals surface area contributed by atoms with Crippen LogP contribution in [0.15, 0.2) is 53.3 Å². The van der Waals surface area contributed by atoms with Crippen LogP contribution in [0.5, 0.6) is 5.75 Å². The van der Waals surface area contributed by atoms with Crippen LogP contribution < -0.4 is 20.5 Å². The Morgan fingerprint density at radius 3 is 2.75 bits per heavy atom. The van der Waals surface area contributed by atoms with Gasteiger partial charge in [-0.15, -0.1) is 0 Å². The summed E-state index contributed by atoms with van der Waals surface area (Å²) >= 11 is 0. The molecule has 1 aromatic heterocycles. The molecule has 1 aliphatic heterocycles. The summed E-state index contributed by atoms with van der Waals surface area (Å²) in [6.07, 6.45) is 2.58. The van der Waals surface area contributed by atoms with Gasteiger partial charge in [-0.2, -0.15) is 0 Å². The maximum atomic E-state index is 12.4. The van der Waals surface area contributed by atoms with E-state index in [-0.39, 0.29) is 5.56 Å². The Labute approximate surface area is 165 Å². The lowest BCUT2D eigenvalue weighted by atomic mass is 10.00. The molecule has 146 valence electrons. The van der Waals surface area contributed by atoms with Crippen LogP contribution in [0.25, 0.3) is 10.9 Å². The number of aromatic amines is 1. The summed E-state index contributed by atoms with van der Waals surface area (Å²) in [6, 6.07) is 16.1. The minimum atomic E-state index is -0.0767. The zero-order chi connectivity index (χ0) is 19.5. The number of nitrogens with one attached hydrogen (secondary N) is 2. The Kier molecular flexibility index (Phi) is 5.24. The summed E-state index contributed by atoms with van der Waals surface area (Å²) in [5.74, 6) is 1.49. The topological polar surface area (TPSA) is 57.4 Å². The number of nitrogens with zero attached hydrogens (tertiary/aromatic N) is 1. The predicted octanol–water partition coefficient (Wildman–Crippen LogP) is 4.39. The quantitative estimate of drug-likeness (QED) is 0.693. The fraction of sp³-hybridized carbons (Fsp3) is 0.348. The monoisotopic (exact) mass is 377 g/mol. The van der Waals surface area contributed by atoms with Crippen molar-refractivity contribution in [3.63, 3.8) is 0 Å². The molecule has 3 aromatic rings. The van der Waals surface area contributed by atoms with Crippen molar-refractivity contribution in [1.82, 2.24) is 4.98 Å². The summed E-state index contributed by atoms with van der Waals surface area (Å²) in [4.78, 5) is 17.8. The van der Waals surface area contributed by atoms with Crippen molar-refractivity contribution in [3.8, 4) is 5.75 Å². The molecule has 2 N–H and O–H groups in total. The van der Waals surface area contributed by atoms with E-state index in [9.17, 15) is 4.79 Å². The van der Waals surface area contributed by atoms with Crippen molar-refractivity contribution in [3.05, 3.63) is 64.4 Å². The molecule has 1 atom stereocenters. The predicted molar refractivity (Wildman–Crippen MR) is 116 cm³/mol. The fourth-order valence-electron chi connectivity index (χ4n) is 3.89. The highest BCUT2D eigenvalue weighted by atomic mass is 16.5. The summed E-state index contributed by atoms with van der Waals surface area (Å²) in [5.41, 5.74) is 3.71. The van der Waals surface area contributed by atoms with Gasteiger partial charge in [-0.3, -0.25) is 4.79 Å². The van der Waals surface area contributed by atoms with Crippen LogP contribution in [0.4, 0.5) is 11.4 Å². The van der Waals surface area contributed by atoms with Crippen LogP contribution in [-0.2, 0) is 6.54 Å². The smallest absolute Gasteiger partial charge is 0.253 e. The van der Waals surface area contributed by atoms with Crippen LogP contribution in [0, 0.1) is 5.92 Å². The van der Waals surface area contributed by atoms with E-state index in [0.29, 0.717) is 12.1 Å². The minimum absolute atomic E-state index is 0.0767. The number of methoxy groups -OCH3 is 1. The van der Waals surface area contributed by atoms with E-state index in [0.717, 1.165) is 41.3 Å². The van der Waals surface area contributed by atoms with Crippen molar-refractivity contribution in [2.24, 2.45) is 5.92 Å². The van der Waals surface area contributed by atoms with Gasteiger partial charge in [-0.25, -0.2) is 0 Å². The number of pyridine rings is 1. The van der Waals surface area contributed by atoms with Crippen LogP contribution in [-0.4, -0.2) is 25.2 Å². The average molecular weight is 377 g/mol.